The van der Waals surface area contributed by atoms with Crippen molar-refractivity contribution in [1.82, 2.24) is 10.6 Å². The van der Waals surface area contributed by atoms with E-state index >= 15 is 0 Å². The maximum atomic E-state index is 11.7. The van der Waals surface area contributed by atoms with Crippen molar-refractivity contribution in [3.05, 3.63) is 24.2 Å². The molecule has 0 spiro atoms. The first-order valence-corrected chi connectivity index (χ1v) is 6.32. The number of amides is 2. The van der Waals surface area contributed by atoms with Crippen LogP contribution < -0.4 is 10.6 Å². The summed E-state index contributed by atoms with van der Waals surface area (Å²) in [6.07, 6.45) is 8.86. The molecule has 2 rings (SSSR count). The zero-order valence-corrected chi connectivity index (χ0v) is 10.2. The first-order chi connectivity index (χ1) is 8.24. The van der Waals surface area contributed by atoms with E-state index in [-0.39, 0.29) is 12.1 Å². The Balaban J connectivity index is 1.70. The lowest BCUT2D eigenvalue weighted by Crippen LogP contribution is -2.45. The van der Waals surface area contributed by atoms with E-state index in [0.29, 0.717) is 6.04 Å². The Morgan fingerprint density at radius 1 is 1.53 bits per heavy atom. The van der Waals surface area contributed by atoms with Crippen LogP contribution >= 0.6 is 0 Å². The fraction of sp³-hybridized carbons (Fsp3) is 0.615. The van der Waals surface area contributed by atoms with Gasteiger partial charge in [-0.2, -0.15) is 0 Å². The van der Waals surface area contributed by atoms with Gasteiger partial charge in [0.15, 0.2) is 0 Å². The molecule has 1 atom stereocenters. The molecule has 1 fully saturated rings. The van der Waals surface area contributed by atoms with Gasteiger partial charge in [0.1, 0.15) is 0 Å². The van der Waals surface area contributed by atoms with Crippen LogP contribution in [0, 0.1) is 0 Å². The molecule has 1 unspecified atom stereocenters. The Bertz CT molecular complexity index is 342. The first kappa shape index (κ1) is 12.0. The minimum Gasteiger partial charge on any atom is -0.472 e. The molecule has 1 aliphatic carbocycles. The van der Waals surface area contributed by atoms with E-state index in [1.165, 1.54) is 12.8 Å². The van der Waals surface area contributed by atoms with Crippen molar-refractivity contribution in [3.8, 4) is 0 Å². The molecular weight excluding hydrogens is 216 g/mol. The summed E-state index contributed by atoms with van der Waals surface area (Å²) in [6, 6.07) is 2.37. The SMILES string of the molecule is CC(Cc1ccoc1)NC(=O)NC1CCCC1. The number of furan rings is 1. The van der Waals surface area contributed by atoms with Crippen molar-refractivity contribution in [2.45, 2.75) is 51.1 Å². The minimum atomic E-state index is -0.0482. The van der Waals surface area contributed by atoms with E-state index in [4.69, 9.17) is 4.42 Å². The zero-order valence-electron chi connectivity index (χ0n) is 10.2. The van der Waals surface area contributed by atoms with Crippen molar-refractivity contribution in [2.24, 2.45) is 0 Å². The average molecular weight is 236 g/mol. The predicted octanol–water partition coefficient (Wildman–Crippen LogP) is 2.45. The molecule has 4 nitrogen and oxygen atoms in total. The van der Waals surface area contributed by atoms with Crippen molar-refractivity contribution in [2.75, 3.05) is 0 Å². The summed E-state index contributed by atoms with van der Waals surface area (Å²) in [7, 11) is 0. The Kier molecular flexibility index (Phi) is 4.07. The van der Waals surface area contributed by atoms with Gasteiger partial charge in [0, 0.05) is 12.1 Å². The van der Waals surface area contributed by atoms with Gasteiger partial charge in [-0.05, 0) is 37.8 Å². The highest BCUT2D eigenvalue weighted by Gasteiger charge is 2.17. The lowest BCUT2D eigenvalue weighted by molar-refractivity contribution is 0.234. The van der Waals surface area contributed by atoms with E-state index < -0.39 is 0 Å². The Morgan fingerprint density at radius 2 is 2.29 bits per heavy atom. The molecule has 2 N–H and O–H groups in total. The second-order valence-corrected chi connectivity index (χ2v) is 4.84. The summed E-state index contributed by atoms with van der Waals surface area (Å²) in [5, 5.41) is 5.97. The molecule has 4 heteroatoms. The quantitative estimate of drug-likeness (QED) is 0.843. The van der Waals surface area contributed by atoms with Crippen LogP contribution in [-0.4, -0.2) is 18.1 Å². The standard InChI is InChI=1S/C13H20N2O2/c1-10(8-11-6-7-17-9-11)14-13(16)15-12-4-2-3-5-12/h6-7,9-10,12H,2-5,8H2,1H3,(H2,14,15,16). The van der Waals surface area contributed by atoms with E-state index in [1.807, 2.05) is 13.0 Å². The summed E-state index contributed by atoms with van der Waals surface area (Å²) in [4.78, 5) is 11.7. The zero-order chi connectivity index (χ0) is 12.1. The van der Waals surface area contributed by atoms with Gasteiger partial charge in [-0.25, -0.2) is 4.79 Å². The largest absolute Gasteiger partial charge is 0.472 e. The van der Waals surface area contributed by atoms with Crippen LogP contribution in [0.1, 0.15) is 38.2 Å². The maximum Gasteiger partial charge on any atom is 0.315 e. The molecule has 1 aliphatic rings. The van der Waals surface area contributed by atoms with Gasteiger partial charge in [-0.1, -0.05) is 12.8 Å². The van der Waals surface area contributed by atoms with Crippen molar-refractivity contribution < 1.29 is 9.21 Å². The molecule has 2 amide bonds. The third-order valence-corrected chi connectivity index (χ3v) is 3.19. The van der Waals surface area contributed by atoms with Gasteiger partial charge >= 0.3 is 6.03 Å². The predicted molar refractivity (Wildman–Crippen MR) is 65.8 cm³/mol. The second kappa shape index (κ2) is 5.75. The van der Waals surface area contributed by atoms with Crippen LogP contribution in [0.2, 0.25) is 0 Å². The summed E-state index contributed by atoms with van der Waals surface area (Å²) >= 11 is 0. The molecule has 0 saturated heterocycles. The third-order valence-electron chi connectivity index (χ3n) is 3.19. The molecule has 0 aromatic carbocycles. The number of hydrogen-bond donors (Lipinski definition) is 2. The molecule has 1 saturated carbocycles. The van der Waals surface area contributed by atoms with Crippen molar-refractivity contribution in [1.29, 1.82) is 0 Å². The molecule has 1 aromatic rings. The molecule has 1 aromatic heterocycles. The Labute approximate surface area is 102 Å². The van der Waals surface area contributed by atoms with E-state index in [2.05, 4.69) is 10.6 Å². The molecule has 17 heavy (non-hydrogen) atoms. The highest BCUT2D eigenvalue weighted by atomic mass is 16.3. The molecule has 0 bridgehead atoms. The van der Waals surface area contributed by atoms with Crippen LogP contribution in [-0.2, 0) is 6.42 Å². The van der Waals surface area contributed by atoms with Gasteiger partial charge in [0.2, 0.25) is 0 Å². The monoisotopic (exact) mass is 236 g/mol. The number of urea groups is 1. The smallest absolute Gasteiger partial charge is 0.315 e. The number of carbonyl (C=O) groups excluding carboxylic acids is 1. The van der Waals surface area contributed by atoms with E-state index in [0.717, 1.165) is 24.8 Å². The Hall–Kier alpha value is -1.45. The highest BCUT2D eigenvalue weighted by molar-refractivity contribution is 5.74. The van der Waals surface area contributed by atoms with Gasteiger partial charge in [-0.3, -0.25) is 0 Å². The van der Waals surface area contributed by atoms with Gasteiger partial charge in [0.05, 0.1) is 12.5 Å². The molecule has 94 valence electrons. The molecule has 1 heterocycles. The number of carbonyl (C=O) groups is 1. The summed E-state index contributed by atoms with van der Waals surface area (Å²) in [5.41, 5.74) is 1.11. The number of rotatable bonds is 4. The van der Waals surface area contributed by atoms with Crippen molar-refractivity contribution >= 4 is 6.03 Å². The average Bonchev–Trinajstić information content (AvgIpc) is 2.90. The summed E-state index contributed by atoms with van der Waals surface area (Å²) < 4.78 is 5.00. The molecule has 0 aliphatic heterocycles. The second-order valence-electron chi connectivity index (χ2n) is 4.84. The fourth-order valence-electron chi connectivity index (χ4n) is 2.33. The van der Waals surface area contributed by atoms with Crippen LogP contribution in [0.15, 0.2) is 23.0 Å². The van der Waals surface area contributed by atoms with Gasteiger partial charge in [-0.15, -0.1) is 0 Å². The number of nitrogens with one attached hydrogen (secondary N) is 2. The first-order valence-electron chi connectivity index (χ1n) is 6.32. The van der Waals surface area contributed by atoms with Crippen molar-refractivity contribution in [3.63, 3.8) is 0 Å². The lowest BCUT2D eigenvalue weighted by Gasteiger charge is -2.17. The maximum absolute atomic E-state index is 11.7. The highest BCUT2D eigenvalue weighted by Crippen LogP contribution is 2.17. The number of hydrogen-bond acceptors (Lipinski definition) is 2. The summed E-state index contributed by atoms with van der Waals surface area (Å²) in [5.74, 6) is 0. The van der Waals surface area contributed by atoms with Crippen LogP contribution in [0.5, 0.6) is 0 Å². The topological polar surface area (TPSA) is 54.3 Å². The Morgan fingerprint density at radius 3 is 2.94 bits per heavy atom. The van der Waals surface area contributed by atoms with E-state index in [1.54, 1.807) is 12.5 Å². The van der Waals surface area contributed by atoms with Crippen LogP contribution in [0.4, 0.5) is 4.79 Å². The lowest BCUT2D eigenvalue weighted by atomic mass is 10.1. The van der Waals surface area contributed by atoms with Crippen LogP contribution in [0.25, 0.3) is 0 Å². The minimum absolute atomic E-state index is 0.0482. The summed E-state index contributed by atoms with van der Waals surface area (Å²) in [6.45, 7) is 2.00. The molecular formula is C13H20N2O2. The van der Waals surface area contributed by atoms with Gasteiger partial charge in [0.25, 0.3) is 0 Å². The molecule has 0 radical (unpaired) electrons. The third kappa shape index (κ3) is 3.80. The van der Waals surface area contributed by atoms with Gasteiger partial charge < -0.3 is 15.1 Å². The fourth-order valence-corrected chi connectivity index (χ4v) is 2.33. The normalized spacial score (nSPS) is 17.9. The van der Waals surface area contributed by atoms with E-state index in [9.17, 15) is 4.79 Å². The van der Waals surface area contributed by atoms with Crippen LogP contribution in [0.3, 0.4) is 0 Å².